The number of piperidine rings is 1. The molecule has 15 heavy (non-hydrogen) atoms. The lowest BCUT2D eigenvalue weighted by Crippen LogP contribution is -2.33. The Kier molecular flexibility index (Phi) is 5.47. The molecule has 0 amide bonds. The van der Waals surface area contributed by atoms with Crippen LogP contribution in [0.25, 0.3) is 0 Å². The Morgan fingerprint density at radius 1 is 1.53 bits per heavy atom. The van der Waals surface area contributed by atoms with E-state index in [4.69, 9.17) is 9.47 Å². The smallest absolute Gasteiger partial charge is 0.431 e. The third-order valence-electron chi connectivity index (χ3n) is 2.42. The first-order valence-electron chi connectivity index (χ1n) is 5.76. The number of rotatable bonds is 4. The molecule has 1 aliphatic heterocycles. The molecule has 0 aromatic rings. The Labute approximate surface area is 91.3 Å². The van der Waals surface area contributed by atoms with Crippen molar-refractivity contribution in [3.05, 3.63) is 0 Å². The lowest BCUT2D eigenvalue weighted by atomic mass is 10.1. The zero-order valence-corrected chi connectivity index (χ0v) is 9.57. The van der Waals surface area contributed by atoms with Crippen LogP contribution in [0.3, 0.4) is 0 Å². The van der Waals surface area contributed by atoms with Gasteiger partial charge in [0, 0.05) is 6.54 Å². The molecule has 87 valence electrons. The molecule has 4 heteroatoms. The Hall–Kier alpha value is -0.770. The van der Waals surface area contributed by atoms with E-state index < -0.39 is 6.16 Å². The van der Waals surface area contributed by atoms with E-state index in [1.807, 2.05) is 6.92 Å². The largest absolute Gasteiger partial charge is 0.510 e. The van der Waals surface area contributed by atoms with Crippen LogP contribution in [0, 0.1) is 0 Å². The van der Waals surface area contributed by atoms with E-state index in [2.05, 4.69) is 12.2 Å². The van der Waals surface area contributed by atoms with Crippen molar-refractivity contribution >= 4 is 6.16 Å². The van der Waals surface area contributed by atoms with Crippen molar-refractivity contribution in [2.75, 3.05) is 6.54 Å². The van der Waals surface area contributed by atoms with Crippen LogP contribution in [0.1, 0.15) is 46.0 Å². The highest BCUT2D eigenvalue weighted by molar-refractivity contribution is 5.60. The molecular weight excluding hydrogens is 194 g/mol. The van der Waals surface area contributed by atoms with Gasteiger partial charge in [-0.25, -0.2) is 10.1 Å². The summed E-state index contributed by atoms with van der Waals surface area (Å²) in [5.41, 5.74) is 0. The molecule has 0 aromatic heterocycles. The topological polar surface area (TPSA) is 49.6 Å². The summed E-state index contributed by atoms with van der Waals surface area (Å²) in [4.78, 5) is 11.3. The number of nitrogens with zero attached hydrogens (tertiary/aromatic N) is 1. The van der Waals surface area contributed by atoms with E-state index in [1.54, 1.807) is 0 Å². The van der Waals surface area contributed by atoms with Gasteiger partial charge in [-0.1, -0.05) is 13.3 Å². The summed E-state index contributed by atoms with van der Waals surface area (Å²) in [6.07, 6.45) is 3.96. The molecule has 2 unspecified atom stereocenters. The number of hydrogen-bond donors (Lipinski definition) is 0. The summed E-state index contributed by atoms with van der Waals surface area (Å²) in [6, 6.07) is 0. The standard InChI is InChI=1S/C11H20NO3/c1-3-6-9(2)14-11(13)15-10-7-4-5-8-12-10/h9-10H,3-8H2,1-2H3. The van der Waals surface area contributed by atoms with E-state index in [0.29, 0.717) is 0 Å². The molecule has 0 aliphatic carbocycles. The van der Waals surface area contributed by atoms with Crippen molar-refractivity contribution in [2.24, 2.45) is 0 Å². The summed E-state index contributed by atoms with van der Waals surface area (Å²) < 4.78 is 10.2. The lowest BCUT2D eigenvalue weighted by molar-refractivity contribution is -0.0173. The second kappa shape index (κ2) is 6.67. The van der Waals surface area contributed by atoms with Gasteiger partial charge in [0.05, 0.1) is 0 Å². The Morgan fingerprint density at radius 2 is 2.33 bits per heavy atom. The number of hydrogen-bond acceptors (Lipinski definition) is 3. The van der Waals surface area contributed by atoms with Crippen LogP contribution in [-0.2, 0) is 9.47 Å². The molecule has 4 nitrogen and oxygen atoms in total. The zero-order chi connectivity index (χ0) is 11.1. The lowest BCUT2D eigenvalue weighted by Gasteiger charge is -2.22. The maximum absolute atomic E-state index is 11.3. The average Bonchev–Trinajstić information content (AvgIpc) is 2.19. The summed E-state index contributed by atoms with van der Waals surface area (Å²) >= 11 is 0. The van der Waals surface area contributed by atoms with Crippen LogP contribution < -0.4 is 5.32 Å². The first-order valence-corrected chi connectivity index (χ1v) is 5.76. The number of ether oxygens (including phenoxy) is 2. The highest BCUT2D eigenvalue weighted by atomic mass is 16.7. The van der Waals surface area contributed by atoms with Crippen molar-refractivity contribution in [3.63, 3.8) is 0 Å². The van der Waals surface area contributed by atoms with Crippen LogP contribution in [0.2, 0.25) is 0 Å². The van der Waals surface area contributed by atoms with Gasteiger partial charge >= 0.3 is 6.16 Å². The summed E-state index contributed by atoms with van der Waals surface area (Å²) in [7, 11) is 0. The minimum absolute atomic E-state index is 0.0638. The quantitative estimate of drug-likeness (QED) is 0.675. The van der Waals surface area contributed by atoms with Gasteiger partial charge < -0.3 is 9.47 Å². The Bertz CT molecular complexity index is 190. The van der Waals surface area contributed by atoms with Gasteiger partial charge in [-0.2, -0.15) is 0 Å². The Balaban J connectivity index is 2.16. The number of carbonyl (C=O) groups excluding carboxylic acids is 1. The molecule has 1 radical (unpaired) electrons. The first-order chi connectivity index (χ1) is 7.22. The first kappa shape index (κ1) is 12.3. The van der Waals surface area contributed by atoms with Gasteiger partial charge in [0.15, 0.2) is 6.23 Å². The van der Waals surface area contributed by atoms with Crippen molar-refractivity contribution in [2.45, 2.75) is 58.3 Å². The van der Waals surface area contributed by atoms with Gasteiger partial charge in [0.1, 0.15) is 6.10 Å². The maximum Gasteiger partial charge on any atom is 0.510 e. The molecule has 1 saturated heterocycles. The highest BCUT2D eigenvalue weighted by Crippen LogP contribution is 2.11. The van der Waals surface area contributed by atoms with E-state index in [0.717, 1.165) is 38.6 Å². The highest BCUT2D eigenvalue weighted by Gasteiger charge is 2.20. The van der Waals surface area contributed by atoms with Crippen LogP contribution in [0.15, 0.2) is 0 Å². The fraction of sp³-hybridized carbons (Fsp3) is 0.909. The molecule has 0 bridgehead atoms. The summed E-state index contributed by atoms with van der Waals surface area (Å²) in [6.45, 7) is 4.73. The summed E-state index contributed by atoms with van der Waals surface area (Å²) in [5, 5.41) is 4.20. The van der Waals surface area contributed by atoms with Crippen LogP contribution in [0.4, 0.5) is 4.79 Å². The van der Waals surface area contributed by atoms with Crippen molar-refractivity contribution in [3.8, 4) is 0 Å². The molecule has 0 saturated carbocycles. The molecule has 1 fully saturated rings. The maximum atomic E-state index is 11.3. The molecule has 0 spiro atoms. The molecule has 1 rings (SSSR count). The van der Waals surface area contributed by atoms with Gasteiger partial charge in [-0.15, -0.1) is 0 Å². The fourth-order valence-electron chi connectivity index (χ4n) is 1.62. The van der Waals surface area contributed by atoms with Crippen LogP contribution in [0.5, 0.6) is 0 Å². The molecule has 0 aromatic carbocycles. The van der Waals surface area contributed by atoms with E-state index in [1.165, 1.54) is 0 Å². The molecule has 1 heterocycles. The van der Waals surface area contributed by atoms with Crippen molar-refractivity contribution in [1.82, 2.24) is 5.32 Å². The zero-order valence-electron chi connectivity index (χ0n) is 9.57. The normalized spacial score (nSPS) is 23.2. The predicted octanol–water partition coefficient (Wildman–Crippen LogP) is 2.44. The van der Waals surface area contributed by atoms with Crippen LogP contribution in [-0.4, -0.2) is 25.0 Å². The average molecular weight is 214 g/mol. The third-order valence-corrected chi connectivity index (χ3v) is 2.42. The van der Waals surface area contributed by atoms with Gasteiger partial charge in [0.25, 0.3) is 0 Å². The van der Waals surface area contributed by atoms with Crippen LogP contribution >= 0.6 is 0 Å². The van der Waals surface area contributed by atoms with Crippen molar-refractivity contribution in [1.29, 1.82) is 0 Å². The van der Waals surface area contributed by atoms with Crippen molar-refractivity contribution < 1.29 is 14.3 Å². The minimum atomic E-state index is -0.577. The van der Waals surface area contributed by atoms with E-state index >= 15 is 0 Å². The SMILES string of the molecule is CCCC(C)OC(=O)OC1CCCC[N]1. The fourth-order valence-corrected chi connectivity index (χ4v) is 1.62. The van der Waals surface area contributed by atoms with E-state index in [9.17, 15) is 4.79 Å². The third kappa shape index (κ3) is 5.02. The molecule has 0 N–H and O–H groups in total. The van der Waals surface area contributed by atoms with Gasteiger partial charge in [-0.05, 0) is 32.6 Å². The molecular formula is C11H20NO3. The molecule has 1 aliphatic rings. The summed E-state index contributed by atoms with van der Waals surface area (Å²) in [5.74, 6) is 0. The van der Waals surface area contributed by atoms with Gasteiger partial charge in [-0.3, -0.25) is 0 Å². The molecule has 2 atom stereocenters. The predicted molar refractivity (Wildman–Crippen MR) is 56.6 cm³/mol. The Morgan fingerprint density at radius 3 is 2.93 bits per heavy atom. The van der Waals surface area contributed by atoms with Gasteiger partial charge in [0.2, 0.25) is 0 Å². The van der Waals surface area contributed by atoms with E-state index in [-0.39, 0.29) is 12.3 Å². The second-order valence-electron chi connectivity index (χ2n) is 3.94. The second-order valence-corrected chi connectivity index (χ2v) is 3.94. The number of carbonyl (C=O) groups is 1. The monoisotopic (exact) mass is 214 g/mol. The minimum Gasteiger partial charge on any atom is -0.431 e.